The summed E-state index contributed by atoms with van der Waals surface area (Å²) in [6.07, 6.45) is 6.40. The normalized spacial score (nSPS) is 18.9. The summed E-state index contributed by atoms with van der Waals surface area (Å²) in [5.41, 5.74) is 0.729. The molecule has 25 heavy (non-hydrogen) atoms. The van der Waals surface area contributed by atoms with Crippen molar-refractivity contribution in [2.45, 2.75) is 38.5 Å². The van der Waals surface area contributed by atoms with Crippen molar-refractivity contribution in [2.24, 2.45) is 5.92 Å². The van der Waals surface area contributed by atoms with E-state index in [2.05, 4.69) is 5.32 Å². The lowest BCUT2D eigenvalue weighted by Crippen LogP contribution is -2.39. The second-order valence-electron chi connectivity index (χ2n) is 7.01. The minimum absolute atomic E-state index is 0.118. The van der Waals surface area contributed by atoms with Crippen LogP contribution in [0.1, 0.15) is 38.5 Å². The standard InChI is InChI=1S/C19H26ClN3O2/c20-16-6-8-17(9-7-16)21-19(25)23-11-3-10-22(12-13-23)18(24)14-15-4-1-2-5-15/h6-9,15H,1-5,10-14H2,(H,21,25). The molecule has 1 aromatic rings. The third-order valence-corrected chi connectivity index (χ3v) is 5.42. The molecule has 1 aromatic carbocycles. The van der Waals surface area contributed by atoms with E-state index in [9.17, 15) is 9.59 Å². The van der Waals surface area contributed by atoms with Gasteiger partial charge in [-0.15, -0.1) is 0 Å². The Bertz CT molecular complexity index is 599. The Kier molecular flexibility index (Phi) is 6.19. The van der Waals surface area contributed by atoms with Crippen LogP contribution in [0.4, 0.5) is 10.5 Å². The second-order valence-corrected chi connectivity index (χ2v) is 7.45. The van der Waals surface area contributed by atoms with Crippen molar-refractivity contribution in [3.8, 4) is 0 Å². The molecular weight excluding hydrogens is 338 g/mol. The maximum atomic E-state index is 12.5. The third-order valence-electron chi connectivity index (χ3n) is 5.17. The van der Waals surface area contributed by atoms with Crippen LogP contribution in [0.2, 0.25) is 5.02 Å². The van der Waals surface area contributed by atoms with Gasteiger partial charge < -0.3 is 15.1 Å². The summed E-state index contributed by atoms with van der Waals surface area (Å²) < 4.78 is 0. The molecule has 1 aliphatic carbocycles. The van der Waals surface area contributed by atoms with Crippen molar-refractivity contribution in [2.75, 3.05) is 31.5 Å². The van der Waals surface area contributed by atoms with Gasteiger partial charge in [0.05, 0.1) is 0 Å². The van der Waals surface area contributed by atoms with E-state index in [0.717, 1.165) is 18.7 Å². The number of nitrogens with zero attached hydrogens (tertiary/aromatic N) is 2. The SMILES string of the molecule is O=C(CC1CCCC1)N1CCCN(C(=O)Nc2ccc(Cl)cc2)CC1. The van der Waals surface area contributed by atoms with Crippen LogP contribution in [0, 0.1) is 5.92 Å². The van der Waals surface area contributed by atoms with E-state index in [-0.39, 0.29) is 11.9 Å². The first-order chi connectivity index (χ1) is 12.1. The third kappa shape index (κ3) is 5.11. The Morgan fingerprint density at radius 2 is 1.60 bits per heavy atom. The van der Waals surface area contributed by atoms with E-state index < -0.39 is 0 Å². The lowest BCUT2D eigenvalue weighted by Gasteiger charge is -2.23. The number of hydrogen-bond acceptors (Lipinski definition) is 2. The number of anilines is 1. The maximum absolute atomic E-state index is 12.5. The number of benzene rings is 1. The van der Waals surface area contributed by atoms with Crippen LogP contribution in [0.15, 0.2) is 24.3 Å². The van der Waals surface area contributed by atoms with Gasteiger partial charge in [0.1, 0.15) is 0 Å². The summed E-state index contributed by atoms with van der Waals surface area (Å²) in [6, 6.07) is 6.96. The van der Waals surface area contributed by atoms with Crippen molar-refractivity contribution >= 4 is 29.2 Å². The van der Waals surface area contributed by atoms with E-state index in [1.807, 2.05) is 4.90 Å². The number of hydrogen-bond donors (Lipinski definition) is 1. The first-order valence-electron chi connectivity index (χ1n) is 9.21. The molecule has 0 bridgehead atoms. The Balaban J connectivity index is 1.49. The molecule has 1 heterocycles. The molecule has 5 nitrogen and oxygen atoms in total. The fourth-order valence-electron chi connectivity index (χ4n) is 3.70. The van der Waals surface area contributed by atoms with Gasteiger partial charge in [-0.25, -0.2) is 4.79 Å². The van der Waals surface area contributed by atoms with Gasteiger partial charge >= 0.3 is 6.03 Å². The monoisotopic (exact) mass is 363 g/mol. The number of carbonyl (C=O) groups excluding carboxylic acids is 2. The van der Waals surface area contributed by atoms with Crippen LogP contribution in [0.3, 0.4) is 0 Å². The van der Waals surface area contributed by atoms with Gasteiger partial charge in [-0.05, 0) is 49.4 Å². The van der Waals surface area contributed by atoms with Crippen molar-refractivity contribution in [1.82, 2.24) is 9.80 Å². The van der Waals surface area contributed by atoms with Gasteiger partial charge in [-0.3, -0.25) is 4.79 Å². The van der Waals surface area contributed by atoms with Gasteiger partial charge in [0.15, 0.2) is 0 Å². The van der Waals surface area contributed by atoms with Crippen LogP contribution in [0.5, 0.6) is 0 Å². The topological polar surface area (TPSA) is 52.7 Å². The second kappa shape index (κ2) is 8.56. The zero-order chi connectivity index (χ0) is 17.6. The summed E-state index contributed by atoms with van der Waals surface area (Å²) in [5, 5.41) is 3.54. The number of amides is 3. The highest BCUT2D eigenvalue weighted by Crippen LogP contribution is 2.28. The highest BCUT2D eigenvalue weighted by molar-refractivity contribution is 6.30. The van der Waals surface area contributed by atoms with Gasteiger partial charge in [0.25, 0.3) is 0 Å². The largest absolute Gasteiger partial charge is 0.341 e. The van der Waals surface area contributed by atoms with Crippen LogP contribution >= 0.6 is 11.6 Å². The molecule has 1 saturated carbocycles. The molecule has 3 amide bonds. The number of carbonyl (C=O) groups is 2. The summed E-state index contributed by atoms with van der Waals surface area (Å²) in [6.45, 7) is 2.62. The minimum atomic E-state index is -0.118. The van der Waals surface area contributed by atoms with Crippen molar-refractivity contribution in [1.29, 1.82) is 0 Å². The fraction of sp³-hybridized carbons (Fsp3) is 0.579. The van der Waals surface area contributed by atoms with Gasteiger partial charge in [-0.1, -0.05) is 24.4 Å². The first kappa shape index (κ1) is 18.1. The van der Waals surface area contributed by atoms with E-state index in [0.29, 0.717) is 37.0 Å². The fourth-order valence-corrected chi connectivity index (χ4v) is 3.82. The molecule has 0 aromatic heterocycles. The highest BCUT2D eigenvalue weighted by Gasteiger charge is 2.25. The van der Waals surface area contributed by atoms with Gasteiger partial charge in [-0.2, -0.15) is 0 Å². The number of halogens is 1. The maximum Gasteiger partial charge on any atom is 0.321 e. The summed E-state index contributed by atoms with van der Waals surface area (Å²) in [5.74, 6) is 0.826. The predicted octanol–water partition coefficient (Wildman–Crippen LogP) is 3.99. The zero-order valence-corrected chi connectivity index (χ0v) is 15.3. The Hall–Kier alpha value is -1.75. The molecule has 136 valence electrons. The number of urea groups is 1. The quantitative estimate of drug-likeness (QED) is 0.882. The Morgan fingerprint density at radius 1 is 0.960 bits per heavy atom. The molecule has 2 aliphatic rings. The molecule has 1 saturated heterocycles. The number of rotatable bonds is 3. The summed E-state index contributed by atoms with van der Waals surface area (Å²) >= 11 is 5.86. The number of nitrogens with one attached hydrogen (secondary N) is 1. The molecule has 2 fully saturated rings. The first-order valence-corrected chi connectivity index (χ1v) is 9.59. The Labute approximate surface area is 154 Å². The van der Waals surface area contributed by atoms with E-state index in [1.54, 1.807) is 29.2 Å². The minimum Gasteiger partial charge on any atom is -0.341 e. The molecule has 0 radical (unpaired) electrons. The average Bonchev–Trinajstić information content (AvgIpc) is 2.98. The Morgan fingerprint density at radius 3 is 2.32 bits per heavy atom. The van der Waals surface area contributed by atoms with Crippen LogP contribution in [-0.2, 0) is 4.79 Å². The summed E-state index contributed by atoms with van der Waals surface area (Å²) in [7, 11) is 0. The van der Waals surface area contributed by atoms with Crippen molar-refractivity contribution < 1.29 is 9.59 Å². The molecule has 0 atom stereocenters. The highest BCUT2D eigenvalue weighted by atomic mass is 35.5. The summed E-state index contributed by atoms with van der Waals surface area (Å²) in [4.78, 5) is 28.7. The van der Waals surface area contributed by atoms with Crippen LogP contribution < -0.4 is 5.32 Å². The average molecular weight is 364 g/mol. The van der Waals surface area contributed by atoms with Gasteiger partial charge in [0.2, 0.25) is 5.91 Å². The zero-order valence-electron chi connectivity index (χ0n) is 14.5. The molecule has 1 N–H and O–H groups in total. The van der Waals surface area contributed by atoms with E-state index >= 15 is 0 Å². The lowest BCUT2D eigenvalue weighted by molar-refractivity contribution is -0.132. The van der Waals surface area contributed by atoms with Crippen molar-refractivity contribution in [3.05, 3.63) is 29.3 Å². The smallest absolute Gasteiger partial charge is 0.321 e. The van der Waals surface area contributed by atoms with Gasteiger partial charge in [0, 0.05) is 43.3 Å². The van der Waals surface area contributed by atoms with E-state index in [4.69, 9.17) is 11.6 Å². The van der Waals surface area contributed by atoms with Crippen molar-refractivity contribution in [3.63, 3.8) is 0 Å². The predicted molar refractivity (Wildman–Crippen MR) is 99.8 cm³/mol. The molecule has 6 heteroatoms. The lowest BCUT2D eigenvalue weighted by atomic mass is 10.0. The molecule has 1 aliphatic heterocycles. The van der Waals surface area contributed by atoms with Crippen LogP contribution in [0.25, 0.3) is 0 Å². The molecule has 0 unspecified atom stereocenters. The van der Waals surface area contributed by atoms with E-state index in [1.165, 1.54) is 25.7 Å². The molecule has 0 spiro atoms. The van der Waals surface area contributed by atoms with Crippen LogP contribution in [-0.4, -0.2) is 47.9 Å². The molecular formula is C19H26ClN3O2. The molecule has 3 rings (SSSR count).